The van der Waals surface area contributed by atoms with Gasteiger partial charge in [-0.05, 0) is 36.4 Å². The van der Waals surface area contributed by atoms with Crippen molar-refractivity contribution in [3.8, 4) is 11.5 Å². The van der Waals surface area contributed by atoms with Gasteiger partial charge in [0.1, 0.15) is 12.4 Å². The van der Waals surface area contributed by atoms with Gasteiger partial charge in [0.05, 0.1) is 11.5 Å². The summed E-state index contributed by atoms with van der Waals surface area (Å²) in [6.45, 7) is 0.158. The van der Waals surface area contributed by atoms with E-state index in [1.54, 1.807) is 24.3 Å². The second-order valence-corrected chi connectivity index (χ2v) is 5.68. The molecule has 0 bridgehead atoms. The third-order valence-corrected chi connectivity index (χ3v) is 3.47. The van der Waals surface area contributed by atoms with E-state index in [2.05, 4.69) is 5.32 Å². The Morgan fingerprint density at radius 1 is 1.08 bits per heavy atom. The summed E-state index contributed by atoms with van der Waals surface area (Å²) >= 11 is 11.5. The van der Waals surface area contributed by atoms with Crippen molar-refractivity contribution >= 4 is 34.8 Å². The lowest BCUT2D eigenvalue weighted by Crippen LogP contribution is -2.32. The van der Waals surface area contributed by atoms with Crippen LogP contribution in [0.3, 0.4) is 0 Å². The van der Waals surface area contributed by atoms with Crippen LogP contribution in [0.5, 0.6) is 11.5 Å². The lowest BCUT2D eigenvalue weighted by Gasteiger charge is -2.09. The fourth-order valence-electron chi connectivity index (χ4n) is 1.84. The van der Waals surface area contributed by atoms with Crippen molar-refractivity contribution in [3.05, 3.63) is 62.6 Å². The SMILES string of the molecule is O=C(COc1ccc(Cl)cc1[N+](=O)[O-])NCCOc1ccc(Cl)cc1. The summed E-state index contributed by atoms with van der Waals surface area (Å²) in [6.07, 6.45) is 0. The van der Waals surface area contributed by atoms with Crippen LogP contribution in [0.2, 0.25) is 10.0 Å². The number of nitro benzene ring substituents is 1. The lowest BCUT2D eigenvalue weighted by molar-refractivity contribution is -0.385. The van der Waals surface area contributed by atoms with Gasteiger partial charge < -0.3 is 14.8 Å². The number of halogens is 2. The largest absolute Gasteiger partial charge is 0.492 e. The number of nitrogens with zero attached hydrogens (tertiary/aromatic N) is 1. The molecule has 0 atom stereocenters. The number of carbonyl (C=O) groups is 1. The molecule has 0 fully saturated rings. The van der Waals surface area contributed by atoms with E-state index in [9.17, 15) is 14.9 Å². The maximum absolute atomic E-state index is 11.7. The van der Waals surface area contributed by atoms with Crippen molar-refractivity contribution in [3.63, 3.8) is 0 Å². The molecule has 2 aromatic carbocycles. The topological polar surface area (TPSA) is 90.7 Å². The zero-order valence-electron chi connectivity index (χ0n) is 12.9. The molecule has 0 unspecified atom stereocenters. The monoisotopic (exact) mass is 384 g/mol. The third-order valence-electron chi connectivity index (χ3n) is 2.98. The first-order valence-corrected chi connectivity index (χ1v) is 7.93. The van der Waals surface area contributed by atoms with Crippen LogP contribution < -0.4 is 14.8 Å². The van der Waals surface area contributed by atoms with E-state index in [4.69, 9.17) is 32.7 Å². The molecule has 0 saturated heterocycles. The summed E-state index contributed by atoms with van der Waals surface area (Å²) in [5.74, 6) is 0.178. The average Bonchev–Trinajstić information content (AvgIpc) is 2.59. The lowest BCUT2D eigenvalue weighted by atomic mass is 10.3. The molecule has 2 aromatic rings. The van der Waals surface area contributed by atoms with Crippen LogP contribution in [0.25, 0.3) is 0 Å². The number of nitrogens with one attached hydrogen (secondary N) is 1. The van der Waals surface area contributed by atoms with Gasteiger partial charge in [-0.3, -0.25) is 14.9 Å². The Hall–Kier alpha value is -2.51. The second kappa shape index (κ2) is 9.10. The van der Waals surface area contributed by atoms with Gasteiger partial charge in [0, 0.05) is 16.1 Å². The molecule has 2 rings (SSSR count). The maximum Gasteiger partial charge on any atom is 0.312 e. The highest BCUT2D eigenvalue weighted by Gasteiger charge is 2.16. The number of hydrogen-bond acceptors (Lipinski definition) is 5. The summed E-state index contributed by atoms with van der Waals surface area (Å²) in [7, 11) is 0. The average molecular weight is 385 g/mol. The maximum atomic E-state index is 11.7. The Labute approximate surface area is 153 Å². The fourth-order valence-corrected chi connectivity index (χ4v) is 2.13. The van der Waals surface area contributed by atoms with Crippen LogP contribution in [0.1, 0.15) is 0 Å². The molecule has 0 aliphatic rings. The van der Waals surface area contributed by atoms with Crippen LogP contribution >= 0.6 is 23.2 Å². The highest BCUT2D eigenvalue weighted by atomic mass is 35.5. The molecule has 0 aliphatic heterocycles. The standard InChI is InChI=1S/C16H14Cl2N2O5/c17-11-1-4-13(5-2-11)24-8-7-19-16(21)10-25-15-6-3-12(18)9-14(15)20(22)23/h1-6,9H,7-8,10H2,(H,19,21). The van der Waals surface area contributed by atoms with Crippen molar-refractivity contribution in [1.82, 2.24) is 5.32 Å². The predicted octanol–water partition coefficient (Wildman–Crippen LogP) is 3.48. The van der Waals surface area contributed by atoms with Gasteiger partial charge in [-0.1, -0.05) is 23.2 Å². The van der Waals surface area contributed by atoms with Crippen molar-refractivity contribution in [1.29, 1.82) is 0 Å². The quantitative estimate of drug-likeness (QED) is 0.427. The zero-order valence-corrected chi connectivity index (χ0v) is 14.4. The first-order valence-electron chi connectivity index (χ1n) is 7.17. The van der Waals surface area contributed by atoms with Gasteiger partial charge in [0.25, 0.3) is 5.91 Å². The van der Waals surface area contributed by atoms with Crippen molar-refractivity contribution in [2.75, 3.05) is 19.8 Å². The van der Waals surface area contributed by atoms with Gasteiger partial charge in [0.15, 0.2) is 12.4 Å². The summed E-state index contributed by atoms with van der Waals surface area (Å²) in [6, 6.07) is 10.8. The first-order chi connectivity index (χ1) is 12.0. The Morgan fingerprint density at radius 2 is 1.76 bits per heavy atom. The fraction of sp³-hybridized carbons (Fsp3) is 0.188. The van der Waals surface area contributed by atoms with Crippen LogP contribution in [0, 0.1) is 10.1 Å². The van der Waals surface area contributed by atoms with Gasteiger partial charge in [-0.2, -0.15) is 0 Å². The van der Waals surface area contributed by atoms with E-state index in [0.29, 0.717) is 10.8 Å². The van der Waals surface area contributed by atoms with E-state index in [0.717, 1.165) is 6.07 Å². The molecule has 7 nitrogen and oxygen atoms in total. The van der Waals surface area contributed by atoms with Gasteiger partial charge >= 0.3 is 5.69 Å². The number of rotatable bonds is 8. The van der Waals surface area contributed by atoms with Crippen molar-refractivity contribution in [2.45, 2.75) is 0 Å². The van der Waals surface area contributed by atoms with Crippen LogP contribution in [-0.4, -0.2) is 30.6 Å². The third kappa shape index (κ3) is 6.13. The minimum Gasteiger partial charge on any atom is -0.492 e. The van der Waals surface area contributed by atoms with Crippen molar-refractivity contribution < 1.29 is 19.2 Å². The normalized spacial score (nSPS) is 10.2. The molecule has 1 N–H and O–H groups in total. The summed E-state index contributed by atoms with van der Waals surface area (Å²) in [4.78, 5) is 22.0. The Balaban J connectivity index is 1.74. The van der Waals surface area contributed by atoms with Crippen LogP contribution in [0.15, 0.2) is 42.5 Å². The Morgan fingerprint density at radius 3 is 2.44 bits per heavy atom. The molecule has 0 aromatic heterocycles. The smallest absolute Gasteiger partial charge is 0.312 e. The van der Waals surface area contributed by atoms with Gasteiger partial charge in [-0.25, -0.2) is 0 Å². The van der Waals surface area contributed by atoms with Gasteiger partial charge in [0.2, 0.25) is 0 Å². The molecule has 9 heteroatoms. The number of ether oxygens (including phenoxy) is 2. The minimum atomic E-state index is -0.626. The Bertz CT molecular complexity index is 753. The van der Waals surface area contributed by atoms with Crippen molar-refractivity contribution in [2.24, 2.45) is 0 Å². The van der Waals surface area contributed by atoms with E-state index in [-0.39, 0.29) is 36.2 Å². The van der Waals surface area contributed by atoms with E-state index < -0.39 is 10.8 Å². The van der Waals surface area contributed by atoms with E-state index >= 15 is 0 Å². The second-order valence-electron chi connectivity index (χ2n) is 4.81. The first kappa shape index (κ1) is 18.8. The molecule has 25 heavy (non-hydrogen) atoms. The number of nitro groups is 1. The molecule has 0 heterocycles. The molecule has 0 saturated carbocycles. The summed E-state index contributed by atoms with van der Waals surface area (Å²) in [5.41, 5.74) is -0.300. The minimum absolute atomic E-state index is 0.0260. The number of benzene rings is 2. The Kier molecular flexibility index (Phi) is 6.85. The molecule has 1 amide bonds. The zero-order chi connectivity index (χ0) is 18.2. The molecular formula is C16H14Cl2N2O5. The molecule has 0 radical (unpaired) electrons. The van der Waals surface area contributed by atoms with E-state index in [1.807, 2.05) is 0 Å². The van der Waals surface area contributed by atoms with Gasteiger partial charge in [-0.15, -0.1) is 0 Å². The number of amides is 1. The summed E-state index contributed by atoms with van der Waals surface area (Å²) in [5, 5.41) is 14.3. The predicted molar refractivity (Wildman–Crippen MR) is 93.6 cm³/mol. The molecule has 0 aliphatic carbocycles. The molecule has 0 spiro atoms. The number of carbonyl (C=O) groups excluding carboxylic acids is 1. The summed E-state index contributed by atoms with van der Waals surface area (Å²) < 4.78 is 10.6. The highest BCUT2D eigenvalue weighted by molar-refractivity contribution is 6.31. The van der Waals surface area contributed by atoms with Crippen LogP contribution in [0.4, 0.5) is 5.69 Å². The highest BCUT2D eigenvalue weighted by Crippen LogP contribution is 2.29. The number of hydrogen-bond donors (Lipinski definition) is 1. The molecule has 132 valence electrons. The van der Waals surface area contributed by atoms with E-state index in [1.165, 1.54) is 12.1 Å². The van der Waals surface area contributed by atoms with Crippen LogP contribution in [-0.2, 0) is 4.79 Å². The molecular weight excluding hydrogens is 371 g/mol.